The molecular formula is C14H15N3O3. The Bertz CT molecular complexity index is 593. The van der Waals surface area contributed by atoms with Gasteiger partial charge in [-0.05, 0) is 30.2 Å². The lowest BCUT2D eigenvalue weighted by Gasteiger charge is -2.06. The molecule has 6 heteroatoms. The van der Waals surface area contributed by atoms with Crippen LogP contribution in [0.25, 0.3) is 0 Å². The van der Waals surface area contributed by atoms with E-state index in [1.807, 2.05) is 18.2 Å². The van der Waals surface area contributed by atoms with Crippen molar-refractivity contribution in [3.05, 3.63) is 47.8 Å². The summed E-state index contributed by atoms with van der Waals surface area (Å²) in [5.41, 5.74) is 2.02. The van der Waals surface area contributed by atoms with Crippen LogP contribution in [0.3, 0.4) is 0 Å². The van der Waals surface area contributed by atoms with Gasteiger partial charge in [-0.2, -0.15) is 5.10 Å². The topological polar surface area (TPSA) is 84.1 Å². The summed E-state index contributed by atoms with van der Waals surface area (Å²) in [5.74, 6) is -0.510. The predicted octanol–water partition coefficient (Wildman–Crippen LogP) is 1.77. The van der Waals surface area contributed by atoms with Crippen LogP contribution in [0, 0.1) is 0 Å². The molecule has 6 nitrogen and oxygen atoms in total. The van der Waals surface area contributed by atoms with Crippen molar-refractivity contribution < 1.29 is 14.3 Å². The molecule has 2 rings (SSSR count). The van der Waals surface area contributed by atoms with Gasteiger partial charge >= 0.3 is 5.97 Å². The van der Waals surface area contributed by atoms with Crippen molar-refractivity contribution in [2.45, 2.75) is 12.8 Å². The van der Waals surface area contributed by atoms with Crippen LogP contribution in [-0.2, 0) is 16.0 Å². The normalized spacial score (nSPS) is 10.1. The van der Waals surface area contributed by atoms with Crippen molar-refractivity contribution in [1.29, 1.82) is 0 Å². The first-order valence-corrected chi connectivity index (χ1v) is 6.15. The van der Waals surface area contributed by atoms with E-state index < -0.39 is 0 Å². The number of H-pyrrole nitrogens is 1. The van der Waals surface area contributed by atoms with Crippen LogP contribution in [0.2, 0.25) is 0 Å². The number of aromatic amines is 1. The van der Waals surface area contributed by atoms with Gasteiger partial charge in [0.25, 0.3) is 5.91 Å². The third-order valence-corrected chi connectivity index (χ3v) is 2.78. The Hall–Kier alpha value is -2.63. The van der Waals surface area contributed by atoms with Crippen LogP contribution in [0.1, 0.15) is 22.5 Å². The SMILES string of the molecule is COC(=O)CCc1cccc(NC(=O)c2ccn[nH]2)c1. The van der Waals surface area contributed by atoms with E-state index in [0.29, 0.717) is 24.2 Å². The summed E-state index contributed by atoms with van der Waals surface area (Å²) < 4.78 is 4.60. The van der Waals surface area contributed by atoms with E-state index in [9.17, 15) is 9.59 Å². The fourth-order valence-corrected chi connectivity index (χ4v) is 1.73. The average Bonchev–Trinajstić information content (AvgIpc) is 2.99. The number of nitrogens with zero attached hydrogens (tertiary/aromatic N) is 1. The molecule has 20 heavy (non-hydrogen) atoms. The minimum absolute atomic E-state index is 0.253. The first kappa shape index (κ1) is 13.8. The van der Waals surface area contributed by atoms with E-state index in [4.69, 9.17) is 0 Å². The van der Waals surface area contributed by atoms with E-state index in [-0.39, 0.29) is 11.9 Å². The third kappa shape index (κ3) is 3.68. The lowest BCUT2D eigenvalue weighted by atomic mass is 10.1. The summed E-state index contributed by atoms with van der Waals surface area (Å²) in [6.07, 6.45) is 2.40. The summed E-state index contributed by atoms with van der Waals surface area (Å²) in [6.45, 7) is 0. The standard InChI is InChI=1S/C14H15N3O3/c1-20-13(18)6-5-10-3-2-4-11(9-10)16-14(19)12-7-8-15-17-12/h2-4,7-9H,5-6H2,1H3,(H,15,17)(H,16,19). The monoisotopic (exact) mass is 273 g/mol. The molecule has 1 aromatic carbocycles. The highest BCUT2D eigenvalue weighted by Gasteiger charge is 2.08. The van der Waals surface area contributed by atoms with Gasteiger partial charge in [0.05, 0.1) is 7.11 Å². The van der Waals surface area contributed by atoms with E-state index in [1.165, 1.54) is 13.3 Å². The number of rotatable bonds is 5. The molecule has 0 aliphatic rings. The van der Waals surface area contributed by atoms with Crippen LogP contribution in [0.5, 0.6) is 0 Å². The molecule has 2 aromatic rings. The molecule has 1 heterocycles. The number of carbonyl (C=O) groups is 2. The molecule has 0 aliphatic heterocycles. The van der Waals surface area contributed by atoms with Crippen molar-refractivity contribution in [1.82, 2.24) is 10.2 Å². The second-order valence-electron chi connectivity index (χ2n) is 4.20. The smallest absolute Gasteiger partial charge is 0.305 e. The maximum atomic E-state index is 11.8. The van der Waals surface area contributed by atoms with E-state index >= 15 is 0 Å². The van der Waals surface area contributed by atoms with Gasteiger partial charge in [-0.3, -0.25) is 14.7 Å². The number of hydrogen-bond donors (Lipinski definition) is 2. The second-order valence-corrected chi connectivity index (χ2v) is 4.20. The molecule has 0 bridgehead atoms. The molecule has 0 fully saturated rings. The Morgan fingerprint density at radius 3 is 2.90 bits per heavy atom. The molecule has 0 radical (unpaired) electrons. The highest BCUT2D eigenvalue weighted by atomic mass is 16.5. The summed E-state index contributed by atoms with van der Waals surface area (Å²) in [5, 5.41) is 9.08. The first-order valence-electron chi connectivity index (χ1n) is 6.15. The summed E-state index contributed by atoms with van der Waals surface area (Å²) in [7, 11) is 1.36. The van der Waals surface area contributed by atoms with Crippen molar-refractivity contribution >= 4 is 17.6 Å². The number of ether oxygens (including phenoxy) is 1. The number of methoxy groups -OCH3 is 1. The van der Waals surface area contributed by atoms with E-state index in [1.54, 1.807) is 12.1 Å². The molecule has 0 saturated heterocycles. The molecule has 0 unspecified atom stereocenters. The predicted molar refractivity (Wildman–Crippen MR) is 73.3 cm³/mol. The average molecular weight is 273 g/mol. The number of aromatic nitrogens is 2. The Morgan fingerprint density at radius 1 is 1.35 bits per heavy atom. The second kappa shape index (κ2) is 6.51. The fraction of sp³-hybridized carbons (Fsp3) is 0.214. The Labute approximate surface area is 116 Å². The van der Waals surface area contributed by atoms with Gasteiger partial charge in [0, 0.05) is 18.3 Å². The van der Waals surface area contributed by atoms with Gasteiger partial charge in [-0.25, -0.2) is 0 Å². The minimum atomic E-state index is -0.257. The van der Waals surface area contributed by atoms with Gasteiger partial charge in [0.1, 0.15) is 5.69 Å². The van der Waals surface area contributed by atoms with E-state index in [2.05, 4.69) is 20.3 Å². The third-order valence-electron chi connectivity index (χ3n) is 2.78. The molecule has 0 atom stereocenters. The van der Waals surface area contributed by atoms with Crippen LogP contribution < -0.4 is 5.32 Å². The quantitative estimate of drug-likeness (QED) is 0.813. The van der Waals surface area contributed by atoms with Crippen molar-refractivity contribution in [2.24, 2.45) is 0 Å². The van der Waals surface area contributed by atoms with Crippen molar-refractivity contribution in [3.8, 4) is 0 Å². The number of aryl methyl sites for hydroxylation is 1. The summed E-state index contributed by atoms with van der Waals surface area (Å²) >= 11 is 0. The molecule has 2 N–H and O–H groups in total. The van der Waals surface area contributed by atoms with Gasteiger partial charge in [0.15, 0.2) is 0 Å². The maximum absolute atomic E-state index is 11.8. The molecule has 104 valence electrons. The summed E-state index contributed by atoms with van der Waals surface area (Å²) in [4.78, 5) is 22.9. The number of esters is 1. The zero-order valence-electron chi connectivity index (χ0n) is 11.1. The lowest BCUT2D eigenvalue weighted by Crippen LogP contribution is -2.12. The number of nitrogens with one attached hydrogen (secondary N) is 2. The maximum Gasteiger partial charge on any atom is 0.305 e. The van der Waals surface area contributed by atoms with Crippen LogP contribution >= 0.6 is 0 Å². The van der Waals surface area contributed by atoms with E-state index in [0.717, 1.165) is 5.56 Å². The zero-order chi connectivity index (χ0) is 14.4. The number of benzene rings is 1. The number of amides is 1. The molecule has 1 amide bonds. The number of hydrogen-bond acceptors (Lipinski definition) is 4. The Morgan fingerprint density at radius 2 is 2.20 bits per heavy atom. The van der Waals surface area contributed by atoms with Crippen LogP contribution in [0.15, 0.2) is 36.5 Å². The molecule has 1 aromatic heterocycles. The number of carbonyl (C=O) groups excluding carboxylic acids is 2. The highest BCUT2D eigenvalue weighted by molar-refractivity contribution is 6.02. The summed E-state index contributed by atoms with van der Waals surface area (Å²) in [6, 6.07) is 8.94. The Kier molecular flexibility index (Phi) is 4.49. The molecule has 0 aliphatic carbocycles. The Balaban J connectivity index is 1.99. The van der Waals surface area contributed by atoms with Crippen molar-refractivity contribution in [2.75, 3.05) is 12.4 Å². The lowest BCUT2D eigenvalue weighted by molar-refractivity contribution is -0.140. The first-order chi connectivity index (χ1) is 9.69. The minimum Gasteiger partial charge on any atom is -0.469 e. The van der Waals surface area contributed by atoms with Crippen LogP contribution in [0.4, 0.5) is 5.69 Å². The van der Waals surface area contributed by atoms with Gasteiger partial charge in [-0.15, -0.1) is 0 Å². The zero-order valence-corrected chi connectivity index (χ0v) is 11.1. The van der Waals surface area contributed by atoms with Crippen LogP contribution in [-0.4, -0.2) is 29.2 Å². The molecule has 0 saturated carbocycles. The molecular weight excluding hydrogens is 258 g/mol. The highest BCUT2D eigenvalue weighted by Crippen LogP contribution is 2.13. The van der Waals surface area contributed by atoms with Gasteiger partial charge < -0.3 is 10.1 Å². The largest absolute Gasteiger partial charge is 0.469 e. The van der Waals surface area contributed by atoms with Crippen molar-refractivity contribution in [3.63, 3.8) is 0 Å². The van der Waals surface area contributed by atoms with Gasteiger partial charge in [0.2, 0.25) is 0 Å². The fourth-order valence-electron chi connectivity index (χ4n) is 1.73. The molecule has 0 spiro atoms. The number of anilines is 1. The van der Waals surface area contributed by atoms with Gasteiger partial charge in [-0.1, -0.05) is 12.1 Å².